The summed E-state index contributed by atoms with van der Waals surface area (Å²) in [5, 5.41) is 14.0. The Balaban J connectivity index is 1.66. The number of hydrogen-bond donors (Lipinski definition) is 3. The second kappa shape index (κ2) is 13.8. The highest BCUT2D eigenvalue weighted by Gasteiger charge is 2.37. The maximum absolute atomic E-state index is 13.9. The minimum Gasteiger partial charge on any atom is -0.481 e. The zero-order valence-corrected chi connectivity index (χ0v) is 22.6. The Morgan fingerprint density at radius 2 is 1.52 bits per heavy atom. The fourth-order valence-corrected chi connectivity index (χ4v) is 4.67. The second-order valence-corrected chi connectivity index (χ2v) is 9.70. The molecule has 11 nitrogen and oxygen atoms in total. The predicted molar refractivity (Wildman–Crippen MR) is 154 cm³/mol. The molecular formula is C31H30N4O7. The Morgan fingerprint density at radius 3 is 2.17 bits per heavy atom. The molecule has 3 aromatic carbocycles. The SMILES string of the molecule is O=C[C@H](CC(=O)O)NC(=O)CN1C(=O)C(NC(=O)c2ccccc2)CN(C(=O)CCc2ccccc2)c2ccccc21. The van der Waals surface area contributed by atoms with Gasteiger partial charge in [0.05, 0.1) is 30.4 Å². The number of aryl methyl sites for hydroxylation is 1. The molecule has 1 heterocycles. The van der Waals surface area contributed by atoms with Gasteiger partial charge in [0, 0.05) is 12.0 Å². The monoisotopic (exact) mass is 570 g/mol. The summed E-state index contributed by atoms with van der Waals surface area (Å²) in [6, 6.07) is 21.8. The molecule has 3 aromatic rings. The largest absolute Gasteiger partial charge is 0.481 e. The molecule has 1 aliphatic rings. The van der Waals surface area contributed by atoms with Crippen LogP contribution in [0, 0.1) is 0 Å². The van der Waals surface area contributed by atoms with Crippen molar-refractivity contribution in [3.63, 3.8) is 0 Å². The smallest absolute Gasteiger partial charge is 0.305 e. The number of nitrogens with one attached hydrogen (secondary N) is 2. The van der Waals surface area contributed by atoms with E-state index in [1.165, 1.54) is 4.90 Å². The molecule has 1 unspecified atom stereocenters. The second-order valence-electron chi connectivity index (χ2n) is 9.70. The van der Waals surface area contributed by atoms with E-state index in [-0.39, 0.29) is 24.6 Å². The van der Waals surface area contributed by atoms with E-state index in [2.05, 4.69) is 10.6 Å². The molecule has 11 heteroatoms. The van der Waals surface area contributed by atoms with Gasteiger partial charge in [0.15, 0.2) is 0 Å². The number of nitrogens with zero attached hydrogens (tertiary/aromatic N) is 2. The van der Waals surface area contributed by atoms with Crippen LogP contribution in [0.3, 0.4) is 0 Å². The van der Waals surface area contributed by atoms with Crippen molar-refractivity contribution in [2.45, 2.75) is 31.3 Å². The van der Waals surface area contributed by atoms with Gasteiger partial charge in [-0.1, -0.05) is 60.7 Å². The van der Waals surface area contributed by atoms with Gasteiger partial charge in [-0.25, -0.2) is 0 Å². The third-order valence-electron chi connectivity index (χ3n) is 6.71. The van der Waals surface area contributed by atoms with Crippen LogP contribution in [0.15, 0.2) is 84.9 Å². The molecule has 0 saturated carbocycles. The average molecular weight is 571 g/mol. The number of anilines is 2. The molecule has 0 radical (unpaired) electrons. The first-order valence-electron chi connectivity index (χ1n) is 13.3. The Labute approximate surface area is 242 Å². The lowest BCUT2D eigenvalue weighted by atomic mass is 10.1. The number of para-hydroxylation sites is 2. The van der Waals surface area contributed by atoms with Gasteiger partial charge in [-0.05, 0) is 36.2 Å². The number of amides is 4. The number of hydrogen-bond acceptors (Lipinski definition) is 6. The average Bonchev–Trinajstić information content (AvgIpc) is 3.11. The summed E-state index contributed by atoms with van der Waals surface area (Å²) in [6.07, 6.45) is 0.262. The Kier molecular flexibility index (Phi) is 9.77. The van der Waals surface area contributed by atoms with Gasteiger partial charge in [-0.3, -0.25) is 28.9 Å². The van der Waals surface area contributed by atoms with E-state index in [9.17, 15) is 28.8 Å². The zero-order chi connectivity index (χ0) is 30.1. The van der Waals surface area contributed by atoms with Crippen LogP contribution in [0.4, 0.5) is 11.4 Å². The van der Waals surface area contributed by atoms with Gasteiger partial charge < -0.3 is 25.4 Å². The number of carbonyl (C=O) groups excluding carboxylic acids is 5. The van der Waals surface area contributed by atoms with Crippen molar-refractivity contribution in [2.24, 2.45) is 0 Å². The van der Waals surface area contributed by atoms with Crippen LogP contribution in [-0.4, -0.2) is 66.2 Å². The van der Waals surface area contributed by atoms with Gasteiger partial charge in [-0.15, -0.1) is 0 Å². The number of aliphatic carboxylic acids is 1. The molecule has 4 rings (SSSR count). The van der Waals surface area contributed by atoms with E-state index < -0.39 is 48.7 Å². The molecule has 0 fully saturated rings. The number of carbonyl (C=O) groups is 6. The lowest BCUT2D eigenvalue weighted by Crippen LogP contribution is -2.54. The van der Waals surface area contributed by atoms with E-state index in [0.29, 0.717) is 24.0 Å². The van der Waals surface area contributed by atoms with Crippen LogP contribution < -0.4 is 20.4 Å². The summed E-state index contributed by atoms with van der Waals surface area (Å²) in [5.74, 6) is -3.54. The molecule has 3 N–H and O–H groups in total. The summed E-state index contributed by atoms with van der Waals surface area (Å²) in [5.41, 5.74) is 1.89. The molecule has 0 spiro atoms. The molecule has 2 atom stereocenters. The van der Waals surface area contributed by atoms with Crippen molar-refractivity contribution >= 4 is 47.3 Å². The molecule has 42 heavy (non-hydrogen) atoms. The number of fused-ring (bicyclic) bond motifs is 1. The fraction of sp³-hybridized carbons (Fsp3) is 0.226. The fourth-order valence-electron chi connectivity index (χ4n) is 4.67. The Hall–Kier alpha value is -5.32. The predicted octanol–water partition coefficient (Wildman–Crippen LogP) is 1.96. The summed E-state index contributed by atoms with van der Waals surface area (Å²) in [6.45, 7) is -0.764. The van der Waals surface area contributed by atoms with Gasteiger partial charge in [0.25, 0.3) is 11.8 Å². The van der Waals surface area contributed by atoms with E-state index in [4.69, 9.17) is 5.11 Å². The van der Waals surface area contributed by atoms with Gasteiger partial charge in [-0.2, -0.15) is 0 Å². The van der Waals surface area contributed by atoms with E-state index in [0.717, 1.165) is 10.5 Å². The van der Waals surface area contributed by atoms with Crippen LogP contribution in [0.2, 0.25) is 0 Å². The van der Waals surface area contributed by atoms with Crippen molar-refractivity contribution in [1.82, 2.24) is 10.6 Å². The van der Waals surface area contributed by atoms with Gasteiger partial charge >= 0.3 is 5.97 Å². The van der Waals surface area contributed by atoms with E-state index >= 15 is 0 Å². The quantitative estimate of drug-likeness (QED) is 0.298. The van der Waals surface area contributed by atoms with Crippen LogP contribution in [0.5, 0.6) is 0 Å². The number of carboxylic acids is 1. The molecule has 216 valence electrons. The summed E-state index contributed by atoms with van der Waals surface area (Å²) in [4.78, 5) is 78.5. The number of aldehydes is 1. The van der Waals surface area contributed by atoms with Crippen molar-refractivity contribution < 1.29 is 33.9 Å². The van der Waals surface area contributed by atoms with Gasteiger partial charge in [0.2, 0.25) is 11.8 Å². The Morgan fingerprint density at radius 1 is 0.905 bits per heavy atom. The minimum atomic E-state index is -1.29. The molecular weight excluding hydrogens is 540 g/mol. The maximum atomic E-state index is 13.9. The van der Waals surface area contributed by atoms with Crippen molar-refractivity contribution in [1.29, 1.82) is 0 Å². The van der Waals surface area contributed by atoms with Crippen molar-refractivity contribution in [2.75, 3.05) is 22.9 Å². The third-order valence-corrected chi connectivity index (χ3v) is 6.71. The first-order chi connectivity index (χ1) is 20.3. The summed E-state index contributed by atoms with van der Waals surface area (Å²) in [7, 11) is 0. The minimum absolute atomic E-state index is 0.128. The van der Waals surface area contributed by atoms with Crippen LogP contribution >= 0.6 is 0 Å². The lowest BCUT2D eigenvalue weighted by Gasteiger charge is -2.25. The Bertz CT molecular complexity index is 1460. The van der Waals surface area contributed by atoms with E-state index in [1.807, 2.05) is 30.3 Å². The van der Waals surface area contributed by atoms with Crippen LogP contribution in [0.1, 0.15) is 28.8 Å². The highest BCUT2D eigenvalue weighted by atomic mass is 16.4. The topological polar surface area (TPSA) is 153 Å². The first-order valence-corrected chi connectivity index (χ1v) is 13.3. The number of rotatable bonds is 11. The highest BCUT2D eigenvalue weighted by Crippen LogP contribution is 2.33. The first kappa shape index (κ1) is 29.7. The maximum Gasteiger partial charge on any atom is 0.305 e. The van der Waals surface area contributed by atoms with Crippen LogP contribution in [-0.2, 0) is 30.4 Å². The normalized spacial score (nSPS) is 15.1. The molecule has 0 bridgehead atoms. The summed E-state index contributed by atoms with van der Waals surface area (Å²) >= 11 is 0. The van der Waals surface area contributed by atoms with Crippen LogP contribution in [0.25, 0.3) is 0 Å². The third kappa shape index (κ3) is 7.45. The lowest BCUT2D eigenvalue weighted by molar-refractivity contribution is -0.139. The van der Waals surface area contributed by atoms with E-state index in [1.54, 1.807) is 54.6 Å². The molecule has 4 amide bonds. The highest BCUT2D eigenvalue weighted by molar-refractivity contribution is 6.11. The van der Waals surface area contributed by atoms with Gasteiger partial charge in [0.1, 0.15) is 18.9 Å². The number of carboxylic acid groups (broad SMARTS) is 1. The molecule has 0 saturated heterocycles. The van der Waals surface area contributed by atoms with Crippen molar-refractivity contribution in [3.05, 3.63) is 96.1 Å². The molecule has 0 aromatic heterocycles. The number of benzene rings is 3. The molecule has 1 aliphatic heterocycles. The standard InChI is InChI=1S/C31H30N4O7/c36-20-23(17-29(39)40)32-27(37)19-35-26-14-8-7-13-25(26)34(28(38)16-15-21-9-3-1-4-10-21)18-24(31(35)42)33-30(41)22-11-5-2-6-12-22/h1-14,20,23-24H,15-19H2,(H,32,37)(H,33,41)(H,39,40)/t23-,24?/m0/s1. The summed E-state index contributed by atoms with van der Waals surface area (Å²) < 4.78 is 0. The van der Waals surface area contributed by atoms with Crippen molar-refractivity contribution in [3.8, 4) is 0 Å². The molecule has 0 aliphatic carbocycles. The zero-order valence-electron chi connectivity index (χ0n) is 22.6.